The number of thiophene rings is 1. The van der Waals surface area contributed by atoms with Gasteiger partial charge in [0.05, 0.1) is 11.9 Å². The van der Waals surface area contributed by atoms with E-state index >= 15 is 0 Å². The molecule has 122 valence electrons. The number of rotatable bonds is 3. The van der Waals surface area contributed by atoms with E-state index in [1.54, 1.807) is 17.7 Å². The molecule has 0 aromatic carbocycles. The molecule has 5 nitrogen and oxygen atoms in total. The molecule has 2 aromatic heterocycles. The number of carbonyl (C=O) groups excluding carboxylic acids is 1. The fourth-order valence-electron chi connectivity index (χ4n) is 3.76. The normalized spacial score (nSPS) is 18.6. The second-order valence-electron chi connectivity index (χ2n) is 6.39. The number of hydrogen-bond donors (Lipinski definition) is 0. The predicted octanol–water partition coefficient (Wildman–Crippen LogP) is 2.63. The minimum absolute atomic E-state index is 0.225. The van der Waals surface area contributed by atoms with Crippen LogP contribution < -0.4 is 4.90 Å². The van der Waals surface area contributed by atoms with Crippen molar-refractivity contribution in [1.29, 1.82) is 0 Å². The Morgan fingerprint density at radius 1 is 1.22 bits per heavy atom. The van der Waals surface area contributed by atoms with Crippen LogP contribution >= 0.6 is 11.3 Å². The van der Waals surface area contributed by atoms with Crippen LogP contribution in [-0.2, 0) is 17.6 Å². The van der Waals surface area contributed by atoms with Gasteiger partial charge < -0.3 is 9.80 Å². The third-order valence-corrected chi connectivity index (χ3v) is 6.01. The predicted molar refractivity (Wildman–Crippen MR) is 93.1 cm³/mol. The molecule has 1 amide bonds. The molecular weight excluding hydrogens is 308 g/mol. The van der Waals surface area contributed by atoms with Crippen LogP contribution in [0.15, 0.2) is 6.33 Å². The standard InChI is InChI=1S/C17H22N4OS/c1-2-7-20-8-4-9-21(10-14(20)22)16-15-12-5-3-6-13(12)23-17(15)19-11-18-16/h11H,2-10H2,1H3. The first-order valence-corrected chi connectivity index (χ1v) is 9.37. The van der Waals surface area contributed by atoms with Crippen molar-refractivity contribution < 1.29 is 4.79 Å². The summed E-state index contributed by atoms with van der Waals surface area (Å²) in [6, 6.07) is 0. The van der Waals surface area contributed by atoms with E-state index in [1.807, 2.05) is 4.90 Å². The summed E-state index contributed by atoms with van der Waals surface area (Å²) < 4.78 is 0. The smallest absolute Gasteiger partial charge is 0.242 e. The lowest BCUT2D eigenvalue weighted by Crippen LogP contribution is -2.37. The van der Waals surface area contributed by atoms with Crippen molar-refractivity contribution in [2.45, 2.75) is 39.0 Å². The second-order valence-corrected chi connectivity index (χ2v) is 7.47. The van der Waals surface area contributed by atoms with Crippen LogP contribution in [0.1, 0.15) is 36.6 Å². The lowest BCUT2D eigenvalue weighted by Gasteiger charge is -2.22. The number of aromatic nitrogens is 2. The number of fused-ring (bicyclic) bond motifs is 3. The third-order valence-electron chi connectivity index (χ3n) is 4.81. The number of nitrogens with zero attached hydrogens (tertiary/aromatic N) is 4. The number of aryl methyl sites for hydroxylation is 2. The Balaban J connectivity index is 1.70. The van der Waals surface area contributed by atoms with Crippen molar-refractivity contribution in [3.8, 4) is 0 Å². The molecule has 0 bridgehead atoms. The molecule has 0 unspecified atom stereocenters. The molecule has 4 rings (SSSR count). The van der Waals surface area contributed by atoms with Crippen LogP contribution in [0.4, 0.5) is 5.82 Å². The molecule has 1 aliphatic heterocycles. The molecule has 1 aliphatic carbocycles. The van der Waals surface area contributed by atoms with Crippen molar-refractivity contribution in [3.63, 3.8) is 0 Å². The van der Waals surface area contributed by atoms with Gasteiger partial charge in [-0.15, -0.1) is 11.3 Å². The Morgan fingerprint density at radius 3 is 3.00 bits per heavy atom. The minimum Gasteiger partial charge on any atom is -0.347 e. The number of amides is 1. The first kappa shape index (κ1) is 14.9. The fourth-order valence-corrected chi connectivity index (χ4v) is 4.98. The Hall–Kier alpha value is -1.69. The van der Waals surface area contributed by atoms with Crippen molar-refractivity contribution in [3.05, 3.63) is 16.8 Å². The largest absolute Gasteiger partial charge is 0.347 e. The Labute approximate surface area is 140 Å². The van der Waals surface area contributed by atoms with E-state index in [-0.39, 0.29) is 5.91 Å². The van der Waals surface area contributed by atoms with Gasteiger partial charge in [0.15, 0.2) is 0 Å². The van der Waals surface area contributed by atoms with Crippen molar-refractivity contribution in [1.82, 2.24) is 14.9 Å². The van der Waals surface area contributed by atoms with E-state index in [9.17, 15) is 4.79 Å². The third kappa shape index (κ3) is 2.59. The number of hydrogen-bond acceptors (Lipinski definition) is 5. The van der Waals surface area contributed by atoms with Crippen LogP contribution in [0.5, 0.6) is 0 Å². The van der Waals surface area contributed by atoms with Gasteiger partial charge in [0.1, 0.15) is 17.0 Å². The lowest BCUT2D eigenvalue weighted by molar-refractivity contribution is -0.129. The van der Waals surface area contributed by atoms with Crippen LogP contribution in [0.3, 0.4) is 0 Å². The van der Waals surface area contributed by atoms with Gasteiger partial charge in [0, 0.05) is 24.5 Å². The van der Waals surface area contributed by atoms with Crippen LogP contribution in [0, 0.1) is 0 Å². The van der Waals surface area contributed by atoms with Gasteiger partial charge in [-0.05, 0) is 37.7 Å². The van der Waals surface area contributed by atoms with E-state index in [4.69, 9.17) is 0 Å². The van der Waals surface area contributed by atoms with E-state index in [1.165, 1.54) is 28.7 Å². The molecule has 0 atom stereocenters. The zero-order valence-electron chi connectivity index (χ0n) is 13.5. The maximum atomic E-state index is 12.5. The Kier molecular flexibility index (Phi) is 3.93. The van der Waals surface area contributed by atoms with E-state index in [2.05, 4.69) is 21.8 Å². The molecular formula is C17H22N4OS. The highest BCUT2D eigenvalue weighted by molar-refractivity contribution is 7.19. The average Bonchev–Trinajstić information content (AvgIpc) is 3.08. The highest BCUT2D eigenvalue weighted by Gasteiger charge is 2.27. The quantitative estimate of drug-likeness (QED) is 0.868. The van der Waals surface area contributed by atoms with Crippen LogP contribution in [0.25, 0.3) is 10.2 Å². The van der Waals surface area contributed by atoms with Crippen molar-refractivity contribution in [2.24, 2.45) is 0 Å². The zero-order chi connectivity index (χ0) is 15.8. The van der Waals surface area contributed by atoms with Gasteiger partial charge in [-0.3, -0.25) is 4.79 Å². The van der Waals surface area contributed by atoms with Crippen molar-refractivity contribution >= 4 is 33.3 Å². The first-order chi connectivity index (χ1) is 11.3. The molecule has 0 saturated carbocycles. The molecule has 0 N–H and O–H groups in total. The zero-order valence-corrected chi connectivity index (χ0v) is 14.4. The first-order valence-electron chi connectivity index (χ1n) is 8.56. The summed E-state index contributed by atoms with van der Waals surface area (Å²) in [4.78, 5) is 28.3. The van der Waals surface area contributed by atoms with E-state index in [0.29, 0.717) is 6.54 Å². The molecule has 0 spiro atoms. The lowest BCUT2D eigenvalue weighted by atomic mass is 10.2. The molecule has 0 radical (unpaired) electrons. The second kappa shape index (κ2) is 6.07. The van der Waals surface area contributed by atoms with Gasteiger partial charge in [-0.25, -0.2) is 9.97 Å². The molecule has 3 heterocycles. The van der Waals surface area contributed by atoms with Crippen molar-refractivity contribution in [2.75, 3.05) is 31.1 Å². The average molecular weight is 330 g/mol. The van der Waals surface area contributed by atoms with E-state index < -0.39 is 0 Å². The molecule has 6 heteroatoms. The molecule has 1 saturated heterocycles. The van der Waals surface area contributed by atoms with Gasteiger partial charge in [0.2, 0.25) is 5.91 Å². The Morgan fingerprint density at radius 2 is 2.13 bits per heavy atom. The van der Waals surface area contributed by atoms with Gasteiger partial charge >= 0.3 is 0 Å². The summed E-state index contributed by atoms with van der Waals surface area (Å²) in [7, 11) is 0. The SMILES string of the molecule is CCCN1CCCN(c2ncnc3sc4c(c23)CCC4)CC1=O. The van der Waals surface area contributed by atoms with Crippen LogP contribution in [0.2, 0.25) is 0 Å². The van der Waals surface area contributed by atoms with Gasteiger partial charge in [0.25, 0.3) is 0 Å². The maximum Gasteiger partial charge on any atom is 0.242 e. The summed E-state index contributed by atoms with van der Waals surface area (Å²) >= 11 is 1.81. The van der Waals surface area contributed by atoms with Gasteiger partial charge in [-0.2, -0.15) is 0 Å². The maximum absolute atomic E-state index is 12.5. The molecule has 2 aliphatic rings. The fraction of sp³-hybridized carbons (Fsp3) is 0.588. The summed E-state index contributed by atoms with van der Waals surface area (Å²) in [6.07, 6.45) is 7.20. The summed E-state index contributed by atoms with van der Waals surface area (Å²) in [5.41, 5.74) is 1.43. The minimum atomic E-state index is 0.225. The van der Waals surface area contributed by atoms with Gasteiger partial charge in [-0.1, -0.05) is 6.92 Å². The number of carbonyl (C=O) groups is 1. The van der Waals surface area contributed by atoms with E-state index in [0.717, 1.165) is 49.5 Å². The number of anilines is 1. The monoisotopic (exact) mass is 330 g/mol. The summed E-state index contributed by atoms with van der Waals surface area (Å²) in [6.45, 7) is 5.18. The summed E-state index contributed by atoms with van der Waals surface area (Å²) in [5, 5.41) is 1.21. The summed E-state index contributed by atoms with van der Waals surface area (Å²) in [5.74, 6) is 1.20. The Bertz CT molecular complexity index is 742. The highest BCUT2D eigenvalue weighted by atomic mass is 32.1. The molecule has 1 fully saturated rings. The topological polar surface area (TPSA) is 49.3 Å². The highest BCUT2D eigenvalue weighted by Crippen LogP contribution is 2.40. The molecule has 2 aromatic rings. The van der Waals surface area contributed by atoms with Crippen LogP contribution in [-0.4, -0.2) is 47.0 Å². The molecule has 23 heavy (non-hydrogen) atoms.